The molecule has 0 spiro atoms. The molecule has 0 saturated carbocycles. The molecule has 0 aromatic rings. The molecule has 2 rings (SSSR count). The zero-order chi connectivity index (χ0) is 16.0. The van der Waals surface area contributed by atoms with Gasteiger partial charge in [-0.25, -0.2) is 4.79 Å². The number of carbonyl (C=O) groups excluding carboxylic acids is 1. The normalized spacial score (nSPS) is 22.6. The molecule has 1 saturated heterocycles. The first-order chi connectivity index (χ1) is 10.5. The zero-order valence-corrected chi connectivity index (χ0v) is 14.5. The Bertz CT molecular complexity index is 398. The number of likely N-dealkylation sites (tertiary alicyclic amines) is 1. The Balaban J connectivity index is 1.75. The zero-order valence-electron chi connectivity index (χ0n) is 14.5. The second-order valence-corrected chi connectivity index (χ2v) is 7.53. The first kappa shape index (κ1) is 17.3. The predicted octanol–water partition coefficient (Wildman–Crippen LogP) is 3.87. The molecule has 1 N–H and O–H groups in total. The summed E-state index contributed by atoms with van der Waals surface area (Å²) in [4.78, 5) is 14.3. The van der Waals surface area contributed by atoms with Crippen LogP contribution < -0.4 is 5.32 Å². The van der Waals surface area contributed by atoms with Crippen LogP contribution in [0.1, 0.15) is 65.7 Å². The van der Waals surface area contributed by atoms with Gasteiger partial charge in [-0.1, -0.05) is 11.6 Å². The molecule has 1 aliphatic heterocycles. The van der Waals surface area contributed by atoms with Gasteiger partial charge in [0.2, 0.25) is 0 Å². The van der Waals surface area contributed by atoms with E-state index in [1.807, 2.05) is 25.7 Å². The van der Waals surface area contributed by atoms with Crippen molar-refractivity contribution in [2.75, 3.05) is 19.6 Å². The van der Waals surface area contributed by atoms with Gasteiger partial charge in [0, 0.05) is 19.1 Å². The average Bonchev–Trinajstić information content (AvgIpc) is 2.95. The van der Waals surface area contributed by atoms with Gasteiger partial charge in [0.25, 0.3) is 0 Å². The number of carbonyl (C=O) groups is 1. The van der Waals surface area contributed by atoms with Crippen LogP contribution in [0.2, 0.25) is 0 Å². The summed E-state index contributed by atoms with van der Waals surface area (Å²) < 4.78 is 5.55. The number of rotatable bonds is 5. The highest BCUT2D eigenvalue weighted by Gasteiger charge is 2.30. The molecule has 1 aliphatic carbocycles. The van der Waals surface area contributed by atoms with Gasteiger partial charge in [0.05, 0.1) is 0 Å². The molecule has 2 aliphatic rings. The molecule has 1 amide bonds. The highest BCUT2D eigenvalue weighted by Crippen LogP contribution is 2.21. The van der Waals surface area contributed by atoms with Crippen molar-refractivity contribution in [1.29, 1.82) is 0 Å². The van der Waals surface area contributed by atoms with E-state index in [1.54, 1.807) is 5.57 Å². The molecule has 1 unspecified atom stereocenters. The smallest absolute Gasteiger partial charge is 0.410 e. The Labute approximate surface area is 135 Å². The van der Waals surface area contributed by atoms with Crippen molar-refractivity contribution in [3.8, 4) is 0 Å². The van der Waals surface area contributed by atoms with Gasteiger partial charge in [-0.2, -0.15) is 0 Å². The van der Waals surface area contributed by atoms with Gasteiger partial charge >= 0.3 is 6.09 Å². The van der Waals surface area contributed by atoms with E-state index in [0.29, 0.717) is 0 Å². The average molecular weight is 308 g/mol. The van der Waals surface area contributed by atoms with E-state index in [4.69, 9.17) is 4.74 Å². The fourth-order valence-corrected chi connectivity index (χ4v) is 3.26. The van der Waals surface area contributed by atoms with Crippen molar-refractivity contribution in [2.24, 2.45) is 0 Å². The Morgan fingerprint density at radius 2 is 2.18 bits per heavy atom. The number of nitrogens with zero attached hydrogens (tertiary/aromatic N) is 1. The number of hydrogen-bond donors (Lipinski definition) is 1. The summed E-state index contributed by atoms with van der Waals surface area (Å²) in [5, 5.41) is 3.54. The van der Waals surface area contributed by atoms with Crippen LogP contribution in [-0.4, -0.2) is 42.3 Å². The summed E-state index contributed by atoms with van der Waals surface area (Å²) in [7, 11) is 0. The highest BCUT2D eigenvalue weighted by atomic mass is 16.6. The lowest BCUT2D eigenvalue weighted by Gasteiger charge is -2.37. The Kier molecular flexibility index (Phi) is 6.30. The third-order valence-electron chi connectivity index (χ3n) is 4.39. The van der Waals surface area contributed by atoms with E-state index in [-0.39, 0.29) is 12.1 Å². The summed E-state index contributed by atoms with van der Waals surface area (Å²) >= 11 is 0. The maximum atomic E-state index is 12.3. The number of piperidine rings is 1. The molecule has 0 bridgehead atoms. The Morgan fingerprint density at radius 1 is 1.36 bits per heavy atom. The van der Waals surface area contributed by atoms with E-state index < -0.39 is 5.60 Å². The second kappa shape index (κ2) is 8.00. The summed E-state index contributed by atoms with van der Waals surface area (Å²) in [6.45, 7) is 8.51. The van der Waals surface area contributed by atoms with Crippen molar-refractivity contribution >= 4 is 6.09 Å². The third-order valence-corrected chi connectivity index (χ3v) is 4.39. The lowest BCUT2D eigenvalue weighted by Crippen LogP contribution is -2.50. The standard InChI is InChI=1S/C18H32N2O2/c1-18(2,3)22-17(21)20-13-7-6-10-16(20)14-19-12-11-15-8-4-5-9-15/h8,16,19H,4-7,9-14H2,1-3H3. The van der Waals surface area contributed by atoms with E-state index in [0.717, 1.165) is 38.9 Å². The van der Waals surface area contributed by atoms with Crippen LogP contribution in [0.25, 0.3) is 0 Å². The fraction of sp³-hybridized carbons (Fsp3) is 0.833. The highest BCUT2D eigenvalue weighted by molar-refractivity contribution is 5.68. The SMILES string of the molecule is CC(C)(C)OC(=O)N1CCCCC1CNCCC1=CCCC1. The monoisotopic (exact) mass is 308 g/mol. The van der Waals surface area contributed by atoms with Gasteiger partial charge in [0.1, 0.15) is 5.60 Å². The fourth-order valence-electron chi connectivity index (χ4n) is 3.26. The van der Waals surface area contributed by atoms with E-state index >= 15 is 0 Å². The van der Waals surface area contributed by atoms with E-state index in [1.165, 1.54) is 25.7 Å². The van der Waals surface area contributed by atoms with Crippen LogP contribution in [0, 0.1) is 0 Å². The summed E-state index contributed by atoms with van der Waals surface area (Å²) in [6, 6.07) is 0.279. The maximum absolute atomic E-state index is 12.3. The van der Waals surface area contributed by atoms with Crippen molar-refractivity contribution in [3.63, 3.8) is 0 Å². The first-order valence-corrected chi connectivity index (χ1v) is 8.84. The molecule has 4 heteroatoms. The van der Waals surface area contributed by atoms with E-state index in [9.17, 15) is 4.79 Å². The first-order valence-electron chi connectivity index (χ1n) is 8.84. The van der Waals surface area contributed by atoms with Crippen molar-refractivity contribution < 1.29 is 9.53 Å². The molecule has 0 aromatic heterocycles. The van der Waals surface area contributed by atoms with Gasteiger partial charge < -0.3 is 15.0 Å². The minimum Gasteiger partial charge on any atom is -0.444 e. The molecular formula is C18H32N2O2. The molecule has 1 atom stereocenters. The van der Waals surface area contributed by atoms with Crippen LogP contribution in [-0.2, 0) is 4.74 Å². The van der Waals surface area contributed by atoms with Crippen molar-refractivity contribution in [1.82, 2.24) is 10.2 Å². The Hall–Kier alpha value is -1.03. The van der Waals surface area contributed by atoms with Crippen molar-refractivity contribution in [2.45, 2.75) is 77.4 Å². The molecule has 22 heavy (non-hydrogen) atoms. The second-order valence-electron chi connectivity index (χ2n) is 7.53. The van der Waals surface area contributed by atoms with Crippen LogP contribution in [0.15, 0.2) is 11.6 Å². The largest absolute Gasteiger partial charge is 0.444 e. The molecule has 4 nitrogen and oxygen atoms in total. The van der Waals surface area contributed by atoms with Crippen LogP contribution in [0.3, 0.4) is 0 Å². The molecule has 0 aromatic carbocycles. The Morgan fingerprint density at radius 3 is 2.86 bits per heavy atom. The minimum atomic E-state index is -0.415. The molecular weight excluding hydrogens is 276 g/mol. The van der Waals surface area contributed by atoms with Crippen LogP contribution in [0.5, 0.6) is 0 Å². The third kappa shape index (κ3) is 5.64. The van der Waals surface area contributed by atoms with Gasteiger partial charge in [-0.15, -0.1) is 0 Å². The number of nitrogens with one attached hydrogen (secondary N) is 1. The molecule has 1 heterocycles. The molecule has 0 radical (unpaired) electrons. The van der Waals surface area contributed by atoms with Gasteiger partial charge in [0.15, 0.2) is 0 Å². The summed E-state index contributed by atoms with van der Waals surface area (Å²) in [5.74, 6) is 0. The quantitative estimate of drug-likeness (QED) is 0.619. The lowest BCUT2D eigenvalue weighted by molar-refractivity contribution is 0.00999. The number of allylic oxidation sites excluding steroid dienone is 1. The number of amides is 1. The van der Waals surface area contributed by atoms with Gasteiger partial charge in [-0.05, 0) is 72.3 Å². The summed E-state index contributed by atoms with van der Waals surface area (Å²) in [5.41, 5.74) is 1.18. The predicted molar refractivity (Wildman–Crippen MR) is 90.0 cm³/mol. The number of ether oxygens (including phenoxy) is 1. The maximum Gasteiger partial charge on any atom is 0.410 e. The number of hydrogen-bond acceptors (Lipinski definition) is 3. The van der Waals surface area contributed by atoms with Crippen LogP contribution >= 0.6 is 0 Å². The summed E-state index contributed by atoms with van der Waals surface area (Å²) in [6.07, 6.45) is 10.6. The van der Waals surface area contributed by atoms with Gasteiger partial charge in [-0.3, -0.25) is 0 Å². The molecule has 1 fully saturated rings. The minimum absolute atomic E-state index is 0.155. The van der Waals surface area contributed by atoms with E-state index in [2.05, 4.69) is 11.4 Å². The van der Waals surface area contributed by atoms with Crippen molar-refractivity contribution in [3.05, 3.63) is 11.6 Å². The molecule has 126 valence electrons. The lowest BCUT2D eigenvalue weighted by atomic mass is 10.0. The topological polar surface area (TPSA) is 41.6 Å². The van der Waals surface area contributed by atoms with Crippen LogP contribution in [0.4, 0.5) is 4.79 Å².